The fourth-order valence-corrected chi connectivity index (χ4v) is 2.68. The van der Waals surface area contributed by atoms with Gasteiger partial charge in [0.1, 0.15) is 0 Å². The van der Waals surface area contributed by atoms with Crippen molar-refractivity contribution >= 4 is 33.7 Å². The molecule has 1 amide bonds. The maximum absolute atomic E-state index is 12.1. The van der Waals surface area contributed by atoms with E-state index < -0.39 is 0 Å². The van der Waals surface area contributed by atoms with Crippen LogP contribution in [0.15, 0.2) is 24.3 Å². The van der Waals surface area contributed by atoms with Gasteiger partial charge in [-0.1, -0.05) is 39.3 Å². The summed E-state index contributed by atoms with van der Waals surface area (Å²) in [6.45, 7) is 8.77. The van der Waals surface area contributed by atoms with Crippen LogP contribution in [-0.4, -0.2) is 20.7 Å². The summed E-state index contributed by atoms with van der Waals surface area (Å²) in [5, 5.41) is 9.52. The highest BCUT2D eigenvalue weighted by Gasteiger charge is 2.16. The Morgan fingerprint density at radius 3 is 2.79 bits per heavy atom. The van der Waals surface area contributed by atoms with E-state index in [9.17, 15) is 4.79 Å². The molecule has 0 aliphatic rings. The number of aromatic nitrogens is 3. The molecule has 0 unspecified atom stereocenters. The molecule has 24 heavy (non-hydrogen) atoms. The third-order valence-electron chi connectivity index (χ3n) is 4.16. The third-order valence-corrected chi connectivity index (χ3v) is 4.16. The van der Waals surface area contributed by atoms with Gasteiger partial charge in [-0.05, 0) is 31.0 Å². The lowest BCUT2D eigenvalue weighted by atomic mass is 10.1. The minimum Gasteiger partial charge on any atom is -0.308 e. The molecule has 0 radical (unpaired) electrons. The zero-order valence-corrected chi connectivity index (χ0v) is 14.8. The van der Waals surface area contributed by atoms with Crippen molar-refractivity contribution in [2.24, 2.45) is 5.92 Å². The van der Waals surface area contributed by atoms with Crippen LogP contribution in [-0.2, 0) is 11.3 Å². The molecule has 1 aromatic carbocycles. The molecule has 0 aliphatic heterocycles. The predicted molar refractivity (Wildman–Crippen MR) is 98.1 cm³/mol. The Morgan fingerprint density at radius 2 is 2.08 bits per heavy atom. The van der Waals surface area contributed by atoms with Crippen LogP contribution in [0.25, 0.3) is 21.9 Å². The molecule has 0 saturated heterocycles. The van der Waals surface area contributed by atoms with E-state index in [1.54, 1.807) is 0 Å². The molecule has 0 spiro atoms. The maximum atomic E-state index is 12.1. The predicted octanol–water partition coefficient (Wildman–Crippen LogP) is 4.29. The van der Waals surface area contributed by atoms with Gasteiger partial charge in [-0.15, -0.1) is 0 Å². The summed E-state index contributed by atoms with van der Waals surface area (Å²) in [4.78, 5) is 16.9. The first-order valence-corrected chi connectivity index (χ1v) is 8.58. The number of carbonyl (C=O) groups excluding carboxylic acids is 1. The number of pyridine rings is 1. The van der Waals surface area contributed by atoms with Gasteiger partial charge >= 0.3 is 0 Å². The summed E-state index contributed by atoms with van der Waals surface area (Å²) in [6.07, 6.45) is 2.11. The van der Waals surface area contributed by atoms with Gasteiger partial charge in [0.25, 0.3) is 0 Å². The average molecular weight is 324 g/mol. The number of fused-ring (bicyclic) bond motifs is 2. The Kier molecular flexibility index (Phi) is 4.51. The lowest BCUT2D eigenvalue weighted by molar-refractivity contribution is -0.118. The Morgan fingerprint density at radius 1 is 1.29 bits per heavy atom. The zero-order chi connectivity index (χ0) is 17.3. The molecule has 3 rings (SSSR count). The lowest BCUT2D eigenvalue weighted by Gasteiger charge is -2.05. The number of nitrogens with one attached hydrogen (secondary N) is 1. The second-order valence-electron chi connectivity index (χ2n) is 6.62. The molecule has 0 bridgehead atoms. The van der Waals surface area contributed by atoms with Crippen molar-refractivity contribution < 1.29 is 4.79 Å². The topological polar surface area (TPSA) is 59.8 Å². The number of benzene rings is 1. The first-order chi connectivity index (χ1) is 11.5. The van der Waals surface area contributed by atoms with Crippen molar-refractivity contribution in [2.45, 2.75) is 47.1 Å². The van der Waals surface area contributed by atoms with Crippen LogP contribution in [0.1, 0.15) is 39.2 Å². The summed E-state index contributed by atoms with van der Waals surface area (Å²) in [5.41, 5.74) is 2.98. The van der Waals surface area contributed by atoms with Crippen molar-refractivity contribution in [3.05, 3.63) is 29.8 Å². The number of amides is 1. The fraction of sp³-hybridized carbons (Fsp3) is 0.421. The van der Waals surface area contributed by atoms with Crippen LogP contribution < -0.4 is 5.32 Å². The number of aryl methyl sites for hydroxylation is 2. The number of anilines is 1. The molecule has 126 valence electrons. The van der Waals surface area contributed by atoms with Gasteiger partial charge in [0.2, 0.25) is 5.91 Å². The van der Waals surface area contributed by atoms with Crippen molar-refractivity contribution in [2.75, 3.05) is 5.32 Å². The van der Waals surface area contributed by atoms with Gasteiger partial charge in [-0.25, -0.2) is 9.67 Å². The highest BCUT2D eigenvalue weighted by molar-refractivity contribution is 6.03. The molecule has 1 N–H and O–H groups in total. The van der Waals surface area contributed by atoms with E-state index in [1.165, 1.54) is 5.56 Å². The fourth-order valence-electron chi connectivity index (χ4n) is 2.68. The molecule has 2 aromatic heterocycles. The van der Waals surface area contributed by atoms with Crippen LogP contribution in [0, 0.1) is 12.8 Å². The lowest BCUT2D eigenvalue weighted by Crippen LogP contribution is -2.18. The number of hydrogen-bond acceptors (Lipinski definition) is 3. The molecule has 0 saturated carbocycles. The molecule has 0 fully saturated rings. The zero-order valence-electron chi connectivity index (χ0n) is 14.8. The van der Waals surface area contributed by atoms with E-state index in [0.29, 0.717) is 5.82 Å². The molecule has 0 aliphatic carbocycles. The SMILES string of the molecule is CCCCn1nc(NC(=O)C(C)C)c2cc3ccc(C)cc3nc21. The van der Waals surface area contributed by atoms with E-state index in [-0.39, 0.29) is 11.8 Å². The van der Waals surface area contributed by atoms with E-state index in [1.807, 2.05) is 18.5 Å². The number of hydrogen-bond donors (Lipinski definition) is 1. The molecular weight excluding hydrogens is 300 g/mol. The smallest absolute Gasteiger partial charge is 0.228 e. The van der Waals surface area contributed by atoms with Crippen LogP contribution >= 0.6 is 0 Å². The number of carbonyl (C=O) groups is 1. The van der Waals surface area contributed by atoms with Crippen LogP contribution in [0.3, 0.4) is 0 Å². The second kappa shape index (κ2) is 6.59. The Balaban J connectivity index is 2.16. The minimum absolute atomic E-state index is 0.0268. The maximum Gasteiger partial charge on any atom is 0.228 e. The van der Waals surface area contributed by atoms with Crippen LogP contribution in [0.5, 0.6) is 0 Å². The standard InChI is InChI=1S/C19H24N4O/c1-5-6-9-23-18-15(17(22-23)21-19(24)12(2)3)11-14-8-7-13(4)10-16(14)20-18/h7-8,10-12H,5-6,9H2,1-4H3,(H,21,22,24). The highest BCUT2D eigenvalue weighted by atomic mass is 16.1. The third kappa shape index (κ3) is 3.11. The van der Waals surface area contributed by atoms with E-state index >= 15 is 0 Å². The van der Waals surface area contributed by atoms with Crippen molar-refractivity contribution in [1.29, 1.82) is 0 Å². The van der Waals surface area contributed by atoms with Crippen LogP contribution in [0.2, 0.25) is 0 Å². The summed E-state index contributed by atoms with van der Waals surface area (Å²) < 4.78 is 1.91. The monoisotopic (exact) mass is 324 g/mol. The molecule has 3 aromatic rings. The molecule has 2 heterocycles. The summed E-state index contributed by atoms with van der Waals surface area (Å²) in [7, 11) is 0. The first kappa shape index (κ1) is 16.4. The van der Waals surface area contributed by atoms with E-state index in [0.717, 1.165) is 41.3 Å². The van der Waals surface area contributed by atoms with E-state index in [4.69, 9.17) is 4.98 Å². The van der Waals surface area contributed by atoms with Crippen molar-refractivity contribution in [3.8, 4) is 0 Å². The van der Waals surface area contributed by atoms with Gasteiger partial charge in [-0.3, -0.25) is 4.79 Å². The minimum atomic E-state index is -0.0862. The Hall–Kier alpha value is -2.43. The number of rotatable bonds is 5. The summed E-state index contributed by atoms with van der Waals surface area (Å²) in [6, 6.07) is 8.29. The van der Waals surface area contributed by atoms with Gasteiger partial charge in [0.15, 0.2) is 11.5 Å². The van der Waals surface area contributed by atoms with Gasteiger partial charge in [0.05, 0.1) is 10.9 Å². The molecule has 5 heteroatoms. The van der Waals surface area contributed by atoms with Gasteiger partial charge < -0.3 is 5.32 Å². The van der Waals surface area contributed by atoms with Gasteiger partial charge in [0, 0.05) is 17.8 Å². The van der Waals surface area contributed by atoms with Gasteiger partial charge in [-0.2, -0.15) is 5.10 Å². The summed E-state index contributed by atoms with van der Waals surface area (Å²) >= 11 is 0. The summed E-state index contributed by atoms with van der Waals surface area (Å²) in [5.74, 6) is 0.493. The number of nitrogens with zero attached hydrogens (tertiary/aromatic N) is 3. The highest BCUT2D eigenvalue weighted by Crippen LogP contribution is 2.27. The first-order valence-electron chi connectivity index (χ1n) is 8.58. The number of unbranched alkanes of at least 4 members (excludes halogenated alkanes) is 1. The Labute approximate surface area is 142 Å². The Bertz CT molecular complexity index is 895. The average Bonchev–Trinajstić information content (AvgIpc) is 2.87. The molecular formula is C19H24N4O. The largest absolute Gasteiger partial charge is 0.308 e. The second-order valence-corrected chi connectivity index (χ2v) is 6.62. The quantitative estimate of drug-likeness (QED) is 0.761. The molecule has 0 atom stereocenters. The normalized spacial score (nSPS) is 11.5. The van der Waals surface area contributed by atoms with E-state index in [2.05, 4.69) is 48.5 Å². The van der Waals surface area contributed by atoms with Crippen molar-refractivity contribution in [3.63, 3.8) is 0 Å². The van der Waals surface area contributed by atoms with Crippen molar-refractivity contribution in [1.82, 2.24) is 14.8 Å². The molecule has 5 nitrogen and oxygen atoms in total. The van der Waals surface area contributed by atoms with Crippen LogP contribution in [0.4, 0.5) is 5.82 Å².